The van der Waals surface area contributed by atoms with Crippen LogP contribution in [0.2, 0.25) is 0 Å². The molecule has 0 aliphatic rings. The zero-order chi connectivity index (χ0) is 11.4. The fourth-order valence-corrected chi connectivity index (χ4v) is 1.41. The highest BCUT2D eigenvalue weighted by Crippen LogP contribution is 2.16. The molecule has 0 amide bonds. The predicted molar refractivity (Wildman–Crippen MR) is 58.3 cm³/mol. The Kier molecular flexibility index (Phi) is 3.82. The molecule has 0 radical (unpaired) electrons. The number of benzene rings is 1. The number of nitrogens with two attached hydrogens (primary N) is 2. The number of carboxylic acid groups (broad SMARTS) is 1. The van der Waals surface area contributed by atoms with Crippen LogP contribution >= 0.6 is 0 Å². The molecule has 0 heterocycles. The highest BCUT2D eigenvalue weighted by Gasteiger charge is 2.16. The van der Waals surface area contributed by atoms with E-state index in [4.69, 9.17) is 16.6 Å². The van der Waals surface area contributed by atoms with Gasteiger partial charge in [0.05, 0.1) is 0 Å². The number of aliphatic carboxylic acids is 1. The van der Waals surface area contributed by atoms with Crippen molar-refractivity contribution in [3.8, 4) is 0 Å². The van der Waals surface area contributed by atoms with Gasteiger partial charge in [0.1, 0.15) is 6.04 Å². The maximum Gasteiger partial charge on any atom is 0.320 e. The summed E-state index contributed by atoms with van der Waals surface area (Å²) in [6.45, 7) is 1.97. The second kappa shape index (κ2) is 4.91. The van der Waals surface area contributed by atoms with Gasteiger partial charge in [0.25, 0.3) is 0 Å². The van der Waals surface area contributed by atoms with Gasteiger partial charge < -0.3 is 16.6 Å². The van der Waals surface area contributed by atoms with Crippen LogP contribution < -0.4 is 11.5 Å². The molecule has 0 aliphatic carbocycles. The molecule has 15 heavy (non-hydrogen) atoms. The summed E-state index contributed by atoms with van der Waals surface area (Å²) in [4.78, 5) is 10.6. The molecule has 0 saturated heterocycles. The van der Waals surface area contributed by atoms with Gasteiger partial charge in [0.2, 0.25) is 0 Å². The second-order valence-electron chi connectivity index (χ2n) is 3.70. The first-order valence-electron chi connectivity index (χ1n) is 4.81. The summed E-state index contributed by atoms with van der Waals surface area (Å²) in [5.74, 6) is -1.02. The monoisotopic (exact) mass is 208 g/mol. The summed E-state index contributed by atoms with van der Waals surface area (Å²) >= 11 is 0. The van der Waals surface area contributed by atoms with Crippen LogP contribution in [-0.4, -0.2) is 17.1 Å². The van der Waals surface area contributed by atoms with Gasteiger partial charge in [-0.1, -0.05) is 29.8 Å². The van der Waals surface area contributed by atoms with Crippen molar-refractivity contribution in [3.63, 3.8) is 0 Å². The maximum absolute atomic E-state index is 10.6. The third kappa shape index (κ3) is 3.34. The molecule has 0 aromatic heterocycles. The average Bonchev–Trinajstić information content (AvgIpc) is 2.17. The maximum atomic E-state index is 10.6. The van der Waals surface area contributed by atoms with Crippen LogP contribution in [-0.2, 0) is 4.79 Å². The van der Waals surface area contributed by atoms with Crippen molar-refractivity contribution in [2.45, 2.75) is 25.4 Å². The van der Waals surface area contributed by atoms with Gasteiger partial charge in [0, 0.05) is 6.04 Å². The van der Waals surface area contributed by atoms with E-state index in [9.17, 15) is 4.79 Å². The van der Waals surface area contributed by atoms with E-state index >= 15 is 0 Å². The Morgan fingerprint density at radius 2 is 2.13 bits per heavy atom. The quantitative estimate of drug-likeness (QED) is 0.682. The van der Waals surface area contributed by atoms with Crippen LogP contribution in [0.15, 0.2) is 24.3 Å². The normalized spacial score (nSPS) is 14.6. The molecule has 0 fully saturated rings. The molecule has 1 aromatic carbocycles. The van der Waals surface area contributed by atoms with Crippen molar-refractivity contribution in [2.24, 2.45) is 11.5 Å². The largest absolute Gasteiger partial charge is 0.480 e. The molecule has 82 valence electrons. The van der Waals surface area contributed by atoms with E-state index in [0.717, 1.165) is 11.1 Å². The Bertz CT molecular complexity index is 352. The lowest BCUT2D eigenvalue weighted by atomic mass is 9.99. The topological polar surface area (TPSA) is 89.3 Å². The van der Waals surface area contributed by atoms with E-state index in [-0.39, 0.29) is 12.5 Å². The summed E-state index contributed by atoms with van der Waals surface area (Å²) in [6.07, 6.45) is 0.249. The Labute approximate surface area is 88.9 Å². The molecular formula is C11H16N2O2. The van der Waals surface area contributed by atoms with Crippen LogP contribution in [0, 0.1) is 6.92 Å². The van der Waals surface area contributed by atoms with Gasteiger partial charge in [-0.15, -0.1) is 0 Å². The highest BCUT2D eigenvalue weighted by atomic mass is 16.4. The van der Waals surface area contributed by atoms with E-state index in [1.165, 1.54) is 0 Å². The lowest BCUT2D eigenvalue weighted by Gasteiger charge is -2.15. The zero-order valence-electron chi connectivity index (χ0n) is 8.68. The van der Waals surface area contributed by atoms with Gasteiger partial charge in [-0.25, -0.2) is 0 Å². The van der Waals surface area contributed by atoms with Gasteiger partial charge in [0.15, 0.2) is 0 Å². The van der Waals surface area contributed by atoms with Crippen molar-refractivity contribution in [3.05, 3.63) is 35.4 Å². The number of hydrogen-bond donors (Lipinski definition) is 3. The van der Waals surface area contributed by atoms with Crippen molar-refractivity contribution in [1.29, 1.82) is 0 Å². The number of aryl methyl sites for hydroxylation is 1. The minimum absolute atomic E-state index is 0.249. The molecule has 1 aromatic rings. The minimum Gasteiger partial charge on any atom is -0.480 e. The van der Waals surface area contributed by atoms with Crippen LogP contribution in [0.4, 0.5) is 0 Å². The Balaban J connectivity index is 2.68. The average molecular weight is 208 g/mol. The third-order valence-electron chi connectivity index (χ3n) is 2.30. The Morgan fingerprint density at radius 3 is 2.67 bits per heavy atom. The van der Waals surface area contributed by atoms with Crippen molar-refractivity contribution >= 4 is 5.97 Å². The summed E-state index contributed by atoms with van der Waals surface area (Å²) in [7, 11) is 0. The Morgan fingerprint density at radius 1 is 1.47 bits per heavy atom. The fraction of sp³-hybridized carbons (Fsp3) is 0.364. The standard InChI is InChI=1S/C11H16N2O2/c1-7-3-2-4-8(5-7)9(12)6-10(13)11(14)15/h2-5,9-10H,6,12-13H2,1H3,(H,14,15). The van der Waals surface area contributed by atoms with E-state index in [1.807, 2.05) is 31.2 Å². The number of hydrogen-bond acceptors (Lipinski definition) is 3. The highest BCUT2D eigenvalue weighted by molar-refractivity contribution is 5.73. The van der Waals surface area contributed by atoms with Gasteiger partial charge in [-0.3, -0.25) is 4.79 Å². The van der Waals surface area contributed by atoms with Gasteiger partial charge in [-0.2, -0.15) is 0 Å². The molecule has 0 bridgehead atoms. The van der Waals surface area contributed by atoms with E-state index in [0.29, 0.717) is 0 Å². The Hall–Kier alpha value is -1.39. The first kappa shape index (κ1) is 11.7. The molecule has 0 spiro atoms. The van der Waals surface area contributed by atoms with Crippen LogP contribution in [0.3, 0.4) is 0 Å². The van der Waals surface area contributed by atoms with Crippen LogP contribution in [0.25, 0.3) is 0 Å². The molecule has 2 unspecified atom stereocenters. The number of carboxylic acids is 1. The lowest BCUT2D eigenvalue weighted by Crippen LogP contribution is -2.33. The summed E-state index contributed by atoms with van der Waals surface area (Å²) < 4.78 is 0. The van der Waals surface area contributed by atoms with Crippen molar-refractivity contribution < 1.29 is 9.90 Å². The molecular weight excluding hydrogens is 192 g/mol. The molecule has 0 saturated carbocycles. The lowest BCUT2D eigenvalue weighted by molar-refractivity contribution is -0.138. The van der Waals surface area contributed by atoms with E-state index in [2.05, 4.69) is 0 Å². The summed E-state index contributed by atoms with van der Waals surface area (Å²) in [6, 6.07) is 6.46. The molecule has 2 atom stereocenters. The number of carbonyl (C=O) groups is 1. The molecule has 5 N–H and O–H groups in total. The first-order chi connectivity index (χ1) is 7.00. The number of rotatable bonds is 4. The SMILES string of the molecule is Cc1cccc(C(N)CC(N)C(=O)O)c1. The van der Waals surface area contributed by atoms with E-state index in [1.54, 1.807) is 0 Å². The molecule has 0 aliphatic heterocycles. The molecule has 1 rings (SSSR count). The summed E-state index contributed by atoms with van der Waals surface area (Å²) in [5.41, 5.74) is 13.3. The van der Waals surface area contributed by atoms with Crippen LogP contribution in [0.5, 0.6) is 0 Å². The fourth-order valence-electron chi connectivity index (χ4n) is 1.41. The van der Waals surface area contributed by atoms with Crippen molar-refractivity contribution in [1.82, 2.24) is 0 Å². The van der Waals surface area contributed by atoms with Gasteiger partial charge in [-0.05, 0) is 18.9 Å². The van der Waals surface area contributed by atoms with Gasteiger partial charge >= 0.3 is 5.97 Å². The van der Waals surface area contributed by atoms with E-state index < -0.39 is 12.0 Å². The zero-order valence-corrected chi connectivity index (χ0v) is 8.68. The van der Waals surface area contributed by atoms with Crippen molar-refractivity contribution in [2.75, 3.05) is 0 Å². The second-order valence-corrected chi connectivity index (χ2v) is 3.70. The predicted octanol–water partition coefficient (Wildman–Crippen LogP) is 0.797. The first-order valence-corrected chi connectivity index (χ1v) is 4.81. The smallest absolute Gasteiger partial charge is 0.320 e. The third-order valence-corrected chi connectivity index (χ3v) is 2.30. The minimum atomic E-state index is -1.02. The molecule has 4 nitrogen and oxygen atoms in total. The summed E-state index contributed by atoms with van der Waals surface area (Å²) in [5, 5.41) is 8.65. The molecule has 4 heteroatoms. The van der Waals surface area contributed by atoms with Crippen LogP contribution in [0.1, 0.15) is 23.6 Å².